The third-order valence-electron chi connectivity index (χ3n) is 5.14. The molecule has 4 N–H and O–H groups in total. The van der Waals surface area contributed by atoms with E-state index in [9.17, 15) is 9.59 Å². The molecule has 1 saturated carbocycles. The zero-order valence-electron chi connectivity index (χ0n) is 14.5. The van der Waals surface area contributed by atoms with Gasteiger partial charge in [0.1, 0.15) is 6.10 Å². The average molecular weight is 345 g/mol. The molecule has 1 aromatic rings. The maximum atomic E-state index is 12.6. The van der Waals surface area contributed by atoms with Gasteiger partial charge in [0, 0.05) is 23.9 Å². The molecule has 3 rings (SSSR count). The number of carbonyl (C=O) groups excluding carboxylic acids is 2. The summed E-state index contributed by atoms with van der Waals surface area (Å²) in [5.41, 5.74) is 7.00. The Hall–Kier alpha value is -1.92. The Kier molecular flexibility index (Phi) is 6.04. The van der Waals surface area contributed by atoms with Gasteiger partial charge in [-0.1, -0.05) is 18.9 Å². The van der Waals surface area contributed by atoms with Crippen molar-refractivity contribution in [1.82, 2.24) is 5.32 Å². The lowest BCUT2D eigenvalue weighted by atomic mass is 9.84. The van der Waals surface area contributed by atoms with Crippen molar-refractivity contribution < 1.29 is 14.3 Å². The second-order valence-electron chi connectivity index (χ2n) is 6.93. The molecule has 3 atom stereocenters. The molecular weight excluding hydrogens is 318 g/mol. The highest BCUT2D eigenvalue weighted by Crippen LogP contribution is 2.24. The van der Waals surface area contributed by atoms with Crippen LogP contribution in [0, 0.1) is 5.92 Å². The minimum absolute atomic E-state index is 0.112. The van der Waals surface area contributed by atoms with Crippen LogP contribution < -0.4 is 16.4 Å². The van der Waals surface area contributed by atoms with Gasteiger partial charge in [-0.15, -0.1) is 0 Å². The third kappa shape index (κ3) is 4.58. The Labute approximate surface area is 148 Å². The van der Waals surface area contributed by atoms with Crippen molar-refractivity contribution in [3.05, 3.63) is 29.8 Å². The quantitative estimate of drug-likeness (QED) is 0.761. The number of rotatable bonds is 5. The van der Waals surface area contributed by atoms with Crippen LogP contribution in [0.4, 0.5) is 5.69 Å². The van der Waals surface area contributed by atoms with Crippen LogP contribution in [0.25, 0.3) is 0 Å². The van der Waals surface area contributed by atoms with Crippen molar-refractivity contribution in [3.8, 4) is 0 Å². The van der Waals surface area contributed by atoms with E-state index in [-0.39, 0.29) is 24.0 Å². The van der Waals surface area contributed by atoms with Gasteiger partial charge in [0.25, 0.3) is 11.8 Å². The molecule has 1 aliphatic carbocycles. The molecule has 136 valence electrons. The summed E-state index contributed by atoms with van der Waals surface area (Å²) >= 11 is 0. The Morgan fingerprint density at radius 2 is 2.00 bits per heavy atom. The van der Waals surface area contributed by atoms with Crippen molar-refractivity contribution in [2.45, 2.75) is 50.7 Å². The molecule has 6 heteroatoms. The van der Waals surface area contributed by atoms with E-state index in [1.54, 1.807) is 24.3 Å². The summed E-state index contributed by atoms with van der Waals surface area (Å²) in [4.78, 5) is 24.7. The van der Waals surface area contributed by atoms with E-state index in [1.165, 1.54) is 6.42 Å². The zero-order valence-corrected chi connectivity index (χ0v) is 14.5. The van der Waals surface area contributed by atoms with Crippen LogP contribution in [-0.4, -0.2) is 37.1 Å². The third-order valence-corrected chi connectivity index (χ3v) is 5.14. The summed E-state index contributed by atoms with van der Waals surface area (Å²) in [6.07, 6.45) is 5.61. The summed E-state index contributed by atoms with van der Waals surface area (Å²) in [7, 11) is 0. The SMILES string of the molecule is NCC1CCCCC1NC(=O)c1cccc(NC(=O)C2CCCO2)c1. The Morgan fingerprint density at radius 1 is 1.16 bits per heavy atom. The van der Waals surface area contributed by atoms with Crippen molar-refractivity contribution in [1.29, 1.82) is 0 Å². The number of carbonyl (C=O) groups is 2. The van der Waals surface area contributed by atoms with E-state index >= 15 is 0 Å². The molecule has 0 spiro atoms. The van der Waals surface area contributed by atoms with Crippen molar-refractivity contribution in [2.75, 3.05) is 18.5 Å². The highest BCUT2D eigenvalue weighted by Gasteiger charge is 2.26. The van der Waals surface area contributed by atoms with E-state index < -0.39 is 0 Å². The maximum Gasteiger partial charge on any atom is 0.253 e. The topological polar surface area (TPSA) is 93.5 Å². The molecule has 3 unspecified atom stereocenters. The van der Waals surface area contributed by atoms with Crippen LogP contribution in [0.2, 0.25) is 0 Å². The number of nitrogens with two attached hydrogens (primary N) is 1. The van der Waals surface area contributed by atoms with Crippen molar-refractivity contribution in [2.24, 2.45) is 11.7 Å². The van der Waals surface area contributed by atoms with E-state index in [1.807, 2.05) is 0 Å². The molecule has 1 aromatic carbocycles. The van der Waals surface area contributed by atoms with Gasteiger partial charge in [0.05, 0.1) is 0 Å². The summed E-state index contributed by atoms with van der Waals surface area (Å²) < 4.78 is 5.39. The monoisotopic (exact) mass is 345 g/mol. The normalized spacial score (nSPS) is 26.2. The van der Waals surface area contributed by atoms with Gasteiger partial charge < -0.3 is 21.1 Å². The summed E-state index contributed by atoms with van der Waals surface area (Å²) in [5.74, 6) is 0.0872. The minimum Gasteiger partial charge on any atom is -0.368 e. The predicted octanol–water partition coefficient (Wildman–Crippen LogP) is 2.05. The van der Waals surface area contributed by atoms with Crippen LogP contribution in [0.5, 0.6) is 0 Å². The molecule has 0 radical (unpaired) electrons. The van der Waals surface area contributed by atoms with Crippen molar-refractivity contribution >= 4 is 17.5 Å². The lowest BCUT2D eigenvalue weighted by Crippen LogP contribution is -2.44. The molecule has 1 heterocycles. The number of hydrogen-bond donors (Lipinski definition) is 3. The minimum atomic E-state index is -0.384. The predicted molar refractivity (Wildman–Crippen MR) is 96.3 cm³/mol. The van der Waals surface area contributed by atoms with Crippen LogP contribution in [0.15, 0.2) is 24.3 Å². The van der Waals surface area contributed by atoms with E-state index in [0.717, 1.165) is 32.1 Å². The number of benzene rings is 1. The second-order valence-corrected chi connectivity index (χ2v) is 6.93. The van der Waals surface area contributed by atoms with Gasteiger partial charge in [-0.2, -0.15) is 0 Å². The largest absolute Gasteiger partial charge is 0.368 e. The molecule has 2 aliphatic rings. The van der Waals surface area contributed by atoms with Gasteiger partial charge in [-0.3, -0.25) is 9.59 Å². The standard InChI is InChI=1S/C19H27N3O3/c20-12-14-5-1-2-8-16(14)22-18(23)13-6-3-7-15(11-13)21-19(24)17-9-4-10-25-17/h3,6-7,11,14,16-17H,1-2,4-5,8-10,12,20H2,(H,21,24)(H,22,23). The first-order valence-electron chi connectivity index (χ1n) is 9.21. The van der Waals surface area contributed by atoms with Gasteiger partial charge in [0.2, 0.25) is 0 Å². The lowest BCUT2D eigenvalue weighted by Gasteiger charge is -2.31. The van der Waals surface area contributed by atoms with Crippen LogP contribution in [0.3, 0.4) is 0 Å². The Bertz CT molecular complexity index is 614. The molecule has 0 bridgehead atoms. The highest BCUT2D eigenvalue weighted by molar-refractivity contribution is 5.98. The van der Waals surface area contributed by atoms with E-state index in [0.29, 0.717) is 30.3 Å². The summed E-state index contributed by atoms with van der Waals surface area (Å²) in [6.45, 7) is 1.23. The summed E-state index contributed by atoms with van der Waals surface area (Å²) in [5, 5.41) is 5.95. The fourth-order valence-corrected chi connectivity index (χ4v) is 3.68. The average Bonchev–Trinajstić information content (AvgIpc) is 3.17. The maximum absolute atomic E-state index is 12.6. The van der Waals surface area contributed by atoms with Crippen LogP contribution >= 0.6 is 0 Å². The van der Waals surface area contributed by atoms with E-state index in [2.05, 4.69) is 10.6 Å². The molecule has 25 heavy (non-hydrogen) atoms. The van der Waals surface area contributed by atoms with Gasteiger partial charge in [-0.05, 0) is 56.3 Å². The summed E-state index contributed by atoms with van der Waals surface area (Å²) in [6, 6.07) is 7.17. The fraction of sp³-hybridized carbons (Fsp3) is 0.579. The number of nitrogens with one attached hydrogen (secondary N) is 2. The lowest BCUT2D eigenvalue weighted by molar-refractivity contribution is -0.124. The zero-order chi connectivity index (χ0) is 17.6. The molecule has 2 fully saturated rings. The highest BCUT2D eigenvalue weighted by atomic mass is 16.5. The van der Waals surface area contributed by atoms with E-state index in [4.69, 9.17) is 10.5 Å². The first-order valence-corrected chi connectivity index (χ1v) is 9.21. The molecule has 0 aromatic heterocycles. The molecule has 6 nitrogen and oxygen atoms in total. The van der Waals surface area contributed by atoms with Gasteiger partial charge in [0.15, 0.2) is 0 Å². The number of hydrogen-bond acceptors (Lipinski definition) is 4. The molecule has 1 aliphatic heterocycles. The van der Waals surface area contributed by atoms with Crippen LogP contribution in [-0.2, 0) is 9.53 Å². The van der Waals surface area contributed by atoms with Gasteiger partial charge in [-0.25, -0.2) is 0 Å². The molecular formula is C19H27N3O3. The first kappa shape index (κ1) is 17.9. The second kappa shape index (κ2) is 8.45. The van der Waals surface area contributed by atoms with Crippen LogP contribution in [0.1, 0.15) is 48.9 Å². The Balaban J connectivity index is 1.61. The molecule has 1 saturated heterocycles. The number of ether oxygens (including phenoxy) is 1. The van der Waals surface area contributed by atoms with Crippen molar-refractivity contribution in [3.63, 3.8) is 0 Å². The number of amides is 2. The molecule has 2 amide bonds. The van der Waals surface area contributed by atoms with Gasteiger partial charge >= 0.3 is 0 Å². The number of anilines is 1. The smallest absolute Gasteiger partial charge is 0.253 e. The first-order chi connectivity index (χ1) is 12.2. The Morgan fingerprint density at radius 3 is 2.76 bits per heavy atom. The fourth-order valence-electron chi connectivity index (χ4n) is 3.68.